The zero-order valence-electron chi connectivity index (χ0n) is 15.6. The van der Waals surface area contributed by atoms with Crippen LogP contribution in [0.25, 0.3) is 0 Å². The van der Waals surface area contributed by atoms with E-state index in [0.29, 0.717) is 19.4 Å². The predicted molar refractivity (Wildman–Crippen MR) is 95.3 cm³/mol. The molecule has 1 saturated heterocycles. The van der Waals surface area contributed by atoms with Gasteiger partial charge in [0.05, 0.1) is 6.04 Å². The number of nitrogens with zero attached hydrogens (tertiary/aromatic N) is 2. The molecule has 1 aromatic rings. The fourth-order valence-corrected chi connectivity index (χ4v) is 3.37. The summed E-state index contributed by atoms with van der Waals surface area (Å²) in [5.74, 6) is -2.48. The quantitative estimate of drug-likeness (QED) is 0.572. The van der Waals surface area contributed by atoms with Crippen LogP contribution in [0.1, 0.15) is 44.7 Å². The zero-order valence-corrected chi connectivity index (χ0v) is 15.6. The van der Waals surface area contributed by atoms with Crippen LogP contribution >= 0.6 is 0 Å². The molecule has 1 heterocycles. The number of hydrogen-bond acceptors (Lipinski definition) is 4. The number of anilines is 1. The smallest absolute Gasteiger partial charge is 0.422 e. The van der Waals surface area contributed by atoms with Crippen LogP contribution in [-0.2, 0) is 14.3 Å². The Balaban J connectivity index is 2.18. The number of amides is 1. The van der Waals surface area contributed by atoms with E-state index in [1.807, 2.05) is 38.1 Å². The molecule has 150 valence electrons. The molecular formula is C19H25F3N2O3. The fourth-order valence-electron chi connectivity index (χ4n) is 3.37. The monoisotopic (exact) mass is 386 g/mol. The Labute approximate surface area is 157 Å². The lowest BCUT2D eigenvalue weighted by Gasteiger charge is -2.36. The Kier molecular flexibility index (Phi) is 7.10. The first-order chi connectivity index (χ1) is 12.8. The van der Waals surface area contributed by atoms with Crippen molar-refractivity contribution in [1.29, 1.82) is 0 Å². The summed E-state index contributed by atoms with van der Waals surface area (Å²) in [6, 6.07) is 7.38. The van der Waals surface area contributed by atoms with E-state index in [9.17, 15) is 22.8 Å². The minimum Gasteiger partial charge on any atom is -0.449 e. The van der Waals surface area contributed by atoms with Gasteiger partial charge >= 0.3 is 18.1 Å². The molecule has 0 aliphatic carbocycles. The van der Waals surface area contributed by atoms with E-state index in [1.165, 1.54) is 4.90 Å². The maximum atomic E-state index is 12.4. The Hall–Kier alpha value is -2.25. The number of piperidine rings is 1. The number of halogens is 3. The van der Waals surface area contributed by atoms with E-state index in [0.717, 1.165) is 30.8 Å². The number of alkyl halides is 3. The number of carbonyl (C=O) groups excluding carboxylic acids is 2. The van der Waals surface area contributed by atoms with E-state index in [4.69, 9.17) is 0 Å². The van der Waals surface area contributed by atoms with Crippen molar-refractivity contribution in [1.82, 2.24) is 4.90 Å². The van der Waals surface area contributed by atoms with Crippen molar-refractivity contribution in [3.05, 3.63) is 29.8 Å². The van der Waals surface area contributed by atoms with Crippen LogP contribution in [0.2, 0.25) is 0 Å². The van der Waals surface area contributed by atoms with Gasteiger partial charge in [-0.2, -0.15) is 13.2 Å². The number of ether oxygens (including phenoxy) is 1. The molecule has 5 nitrogen and oxygen atoms in total. The Morgan fingerprint density at radius 3 is 2.56 bits per heavy atom. The number of carbonyl (C=O) groups is 2. The molecule has 27 heavy (non-hydrogen) atoms. The van der Waals surface area contributed by atoms with Gasteiger partial charge in [0.15, 0.2) is 6.61 Å². The average molecular weight is 386 g/mol. The van der Waals surface area contributed by atoms with E-state index in [2.05, 4.69) is 9.64 Å². The number of benzene rings is 1. The van der Waals surface area contributed by atoms with E-state index in [-0.39, 0.29) is 6.04 Å². The van der Waals surface area contributed by atoms with Crippen molar-refractivity contribution >= 4 is 17.6 Å². The summed E-state index contributed by atoms with van der Waals surface area (Å²) in [6.45, 7) is 4.31. The lowest BCUT2D eigenvalue weighted by molar-refractivity contribution is -0.190. The van der Waals surface area contributed by atoms with Gasteiger partial charge in [0.25, 0.3) is 0 Å². The third-order valence-corrected chi connectivity index (χ3v) is 4.69. The van der Waals surface area contributed by atoms with Crippen molar-refractivity contribution < 1.29 is 27.5 Å². The summed E-state index contributed by atoms with van der Waals surface area (Å²) in [5.41, 5.74) is 1.88. The molecule has 0 radical (unpaired) electrons. The first-order valence-corrected chi connectivity index (χ1v) is 9.16. The van der Waals surface area contributed by atoms with Crippen LogP contribution in [0, 0.1) is 0 Å². The molecule has 1 fully saturated rings. The summed E-state index contributed by atoms with van der Waals surface area (Å²) in [7, 11) is 0. The highest BCUT2D eigenvalue weighted by Crippen LogP contribution is 2.33. The maximum Gasteiger partial charge on any atom is 0.422 e. The highest BCUT2D eigenvalue weighted by atomic mass is 19.4. The number of hydrogen-bond donors (Lipinski definition) is 0. The predicted octanol–water partition coefficient (Wildman–Crippen LogP) is 3.69. The molecule has 1 aromatic carbocycles. The van der Waals surface area contributed by atoms with Crippen LogP contribution < -0.4 is 4.90 Å². The van der Waals surface area contributed by atoms with Gasteiger partial charge in [-0.1, -0.05) is 12.1 Å². The lowest BCUT2D eigenvalue weighted by Crippen LogP contribution is -2.43. The van der Waals surface area contributed by atoms with Gasteiger partial charge in [0, 0.05) is 25.3 Å². The van der Waals surface area contributed by atoms with Gasteiger partial charge in [-0.25, -0.2) is 4.79 Å². The highest BCUT2D eigenvalue weighted by Gasteiger charge is 2.36. The standard InChI is InChI=1S/C19H25F3N2O3/c1-3-23(4-2)15-9-7-8-14(12-15)16-10-5-6-11-24(16)17(25)18(26)27-13-19(20,21)22/h7-9,12,16H,3-6,10-11,13H2,1-2H3. The molecule has 1 aliphatic heterocycles. The number of rotatable bonds is 5. The van der Waals surface area contributed by atoms with Crippen LogP contribution in [0.15, 0.2) is 24.3 Å². The zero-order chi connectivity index (χ0) is 20.0. The molecule has 0 aromatic heterocycles. The normalized spacial score (nSPS) is 17.5. The van der Waals surface area contributed by atoms with Gasteiger partial charge in [-0.3, -0.25) is 4.79 Å². The average Bonchev–Trinajstić information content (AvgIpc) is 2.66. The second-order valence-electron chi connectivity index (χ2n) is 6.47. The highest BCUT2D eigenvalue weighted by molar-refractivity contribution is 6.32. The Morgan fingerprint density at radius 2 is 1.93 bits per heavy atom. The van der Waals surface area contributed by atoms with E-state index < -0.39 is 24.7 Å². The van der Waals surface area contributed by atoms with Crippen molar-refractivity contribution in [2.24, 2.45) is 0 Å². The van der Waals surface area contributed by atoms with Gasteiger partial charge in [0.2, 0.25) is 0 Å². The molecular weight excluding hydrogens is 361 g/mol. The van der Waals surface area contributed by atoms with Crippen molar-refractivity contribution in [3.63, 3.8) is 0 Å². The Bertz CT molecular complexity index is 660. The SMILES string of the molecule is CCN(CC)c1cccc(C2CCCCN2C(=O)C(=O)OCC(F)(F)F)c1. The summed E-state index contributed by atoms with van der Waals surface area (Å²) < 4.78 is 40.9. The van der Waals surface area contributed by atoms with Gasteiger partial charge in [-0.15, -0.1) is 0 Å². The minimum atomic E-state index is -4.66. The second-order valence-corrected chi connectivity index (χ2v) is 6.47. The van der Waals surface area contributed by atoms with Crippen LogP contribution in [0.5, 0.6) is 0 Å². The van der Waals surface area contributed by atoms with Gasteiger partial charge < -0.3 is 14.5 Å². The second kappa shape index (κ2) is 9.10. The third kappa shape index (κ3) is 5.61. The topological polar surface area (TPSA) is 49.9 Å². The molecule has 0 bridgehead atoms. The summed E-state index contributed by atoms with van der Waals surface area (Å²) in [4.78, 5) is 27.7. The maximum absolute atomic E-state index is 12.4. The first-order valence-electron chi connectivity index (χ1n) is 9.16. The molecule has 0 spiro atoms. The molecule has 2 rings (SSSR count). The van der Waals surface area contributed by atoms with Gasteiger partial charge in [-0.05, 0) is 50.8 Å². The van der Waals surface area contributed by atoms with E-state index in [1.54, 1.807) is 0 Å². The third-order valence-electron chi connectivity index (χ3n) is 4.69. The lowest BCUT2D eigenvalue weighted by atomic mass is 9.94. The minimum absolute atomic E-state index is 0.320. The first kappa shape index (κ1) is 21.1. The van der Waals surface area contributed by atoms with Crippen LogP contribution in [0.3, 0.4) is 0 Å². The number of likely N-dealkylation sites (tertiary alicyclic amines) is 1. The Morgan fingerprint density at radius 1 is 1.22 bits per heavy atom. The van der Waals surface area contributed by atoms with E-state index >= 15 is 0 Å². The molecule has 1 unspecified atom stereocenters. The molecule has 0 saturated carbocycles. The van der Waals surface area contributed by atoms with Gasteiger partial charge in [0.1, 0.15) is 0 Å². The summed E-state index contributed by atoms with van der Waals surface area (Å²) >= 11 is 0. The fraction of sp³-hybridized carbons (Fsp3) is 0.579. The van der Waals surface area contributed by atoms with Crippen molar-refractivity contribution in [2.75, 3.05) is 31.1 Å². The summed E-state index contributed by atoms with van der Waals surface area (Å²) in [6.07, 6.45) is -2.43. The number of esters is 1. The molecule has 8 heteroatoms. The molecule has 1 aliphatic rings. The largest absolute Gasteiger partial charge is 0.449 e. The van der Waals surface area contributed by atoms with Crippen LogP contribution in [-0.4, -0.2) is 49.2 Å². The molecule has 0 N–H and O–H groups in total. The van der Waals surface area contributed by atoms with Crippen molar-refractivity contribution in [3.8, 4) is 0 Å². The molecule has 1 amide bonds. The van der Waals surface area contributed by atoms with Crippen molar-refractivity contribution in [2.45, 2.75) is 45.3 Å². The van der Waals surface area contributed by atoms with Crippen LogP contribution in [0.4, 0.5) is 18.9 Å². The molecule has 1 atom stereocenters. The summed E-state index contributed by atoms with van der Waals surface area (Å²) in [5, 5.41) is 0.